The number of benzene rings is 2. The van der Waals surface area contributed by atoms with E-state index in [1.807, 2.05) is 6.92 Å². The van der Waals surface area contributed by atoms with Crippen molar-refractivity contribution in [3.8, 4) is 0 Å². The van der Waals surface area contributed by atoms with Crippen molar-refractivity contribution in [3.63, 3.8) is 0 Å². The Morgan fingerprint density at radius 1 is 0.636 bits per heavy atom. The summed E-state index contributed by atoms with van der Waals surface area (Å²) in [5.74, 6) is -9.63. The lowest BCUT2D eigenvalue weighted by Crippen LogP contribution is -2.13. The Balaban J connectivity index is 2.73. The van der Waals surface area contributed by atoms with Gasteiger partial charge in [-0.05, 0) is 44.4 Å². The lowest BCUT2D eigenvalue weighted by atomic mass is 9.85. The fraction of sp³-hybridized carbons (Fsp3) is 0.235. The second kappa shape index (κ2) is 5.71. The van der Waals surface area contributed by atoms with Gasteiger partial charge in [-0.15, -0.1) is 0 Å². The summed E-state index contributed by atoms with van der Waals surface area (Å²) in [6, 6.07) is 3.58. The minimum atomic E-state index is -2.15. The van der Waals surface area contributed by atoms with Gasteiger partial charge in [-0.1, -0.05) is 17.7 Å². The van der Waals surface area contributed by atoms with Crippen LogP contribution in [-0.2, 0) is 0 Å². The van der Waals surface area contributed by atoms with Crippen LogP contribution in [0.2, 0.25) is 0 Å². The Hall–Kier alpha value is -1.91. The van der Waals surface area contributed by atoms with Gasteiger partial charge in [0.25, 0.3) is 0 Å². The lowest BCUT2D eigenvalue weighted by molar-refractivity contribution is 0.373. The maximum Gasteiger partial charge on any atom is 0.200 e. The molecule has 0 aliphatic carbocycles. The van der Waals surface area contributed by atoms with E-state index in [0.717, 1.165) is 5.56 Å². The first-order chi connectivity index (χ1) is 10.2. The van der Waals surface area contributed by atoms with E-state index in [4.69, 9.17) is 0 Å². The van der Waals surface area contributed by atoms with E-state index in [1.165, 1.54) is 6.92 Å². The minimum Gasteiger partial charge on any atom is -0.203 e. The summed E-state index contributed by atoms with van der Waals surface area (Å²) < 4.78 is 67.8. The van der Waals surface area contributed by atoms with Crippen molar-refractivity contribution in [1.29, 1.82) is 0 Å². The Morgan fingerprint density at radius 3 is 1.41 bits per heavy atom. The van der Waals surface area contributed by atoms with Gasteiger partial charge >= 0.3 is 0 Å². The SMILES string of the molecule is C[C](c1c(C)cc(C)cc1C)c1c(F)c(F)c(F)c(F)c1F. The Morgan fingerprint density at radius 2 is 1.00 bits per heavy atom. The summed E-state index contributed by atoms with van der Waals surface area (Å²) in [6.45, 7) is 6.66. The van der Waals surface area contributed by atoms with Gasteiger partial charge in [0.15, 0.2) is 23.3 Å². The molecule has 0 unspecified atom stereocenters. The third-order valence-electron chi connectivity index (χ3n) is 3.64. The van der Waals surface area contributed by atoms with Crippen molar-refractivity contribution in [2.45, 2.75) is 27.7 Å². The summed E-state index contributed by atoms with van der Waals surface area (Å²) in [5.41, 5.74) is 1.96. The van der Waals surface area contributed by atoms with Crippen LogP contribution in [0.25, 0.3) is 0 Å². The van der Waals surface area contributed by atoms with Gasteiger partial charge in [-0.25, -0.2) is 22.0 Å². The number of aryl methyl sites for hydroxylation is 3. The zero-order valence-electron chi connectivity index (χ0n) is 12.5. The second-order valence-electron chi connectivity index (χ2n) is 5.34. The van der Waals surface area contributed by atoms with Gasteiger partial charge in [0.05, 0.1) is 0 Å². The molecule has 0 bridgehead atoms. The smallest absolute Gasteiger partial charge is 0.200 e. The molecule has 0 aliphatic heterocycles. The topological polar surface area (TPSA) is 0 Å². The van der Waals surface area contributed by atoms with Crippen molar-refractivity contribution in [1.82, 2.24) is 0 Å². The molecule has 0 nitrogen and oxygen atoms in total. The van der Waals surface area contributed by atoms with Crippen LogP contribution in [0.15, 0.2) is 12.1 Å². The average molecular weight is 313 g/mol. The molecule has 117 valence electrons. The van der Waals surface area contributed by atoms with Crippen LogP contribution in [0.4, 0.5) is 22.0 Å². The van der Waals surface area contributed by atoms with Crippen LogP contribution in [0.5, 0.6) is 0 Å². The number of halogens is 5. The third kappa shape index (κ3) is 2.49. The summed E-state index contributed by atoms with van der Waals surface area (Å²) in [5, 5.41) is 0. The van der Waals surface area contributed by atoms with Crippen LogP contribution in [0, 0.1) is 55.8 Å². The fourth-order valence-electron chi connectivity index (χ4n) is 2.83. The molecule has 0 aromatic heterocycles. The summed E-state index contributed by atoms with van der Waals surface area (Å²) in [7, 11) is 0. The van der Waals surface area contributed by atoms with Crippen LogP contribution >= 0.6 is 0 Å². The highest BCUT2D eigenvalue weighted by Crippen LogP contribution is 2.35. The Bertz CT molecular complexity index is 697. The largest absolute Gasteiger partial charge is 0.203 e. The predicted molar refractivity (Wildman–Crippen MR) is 74.0 cm³/mol. The second-order valence-corrected chi connectivity index (χ2v) is 5.34. The Labute approximate surface area is 125 Å². The molecule has 0 saturated heterocycles. The zero-order chi connectivity index (χ0) is 16.8. The molecule has 0 amide bonds. The molecule has 5 heteroatoms. The lowest BCUT2D eigenvalue weighted by Gasteiger charge is -2.20. The third-order valence-corrected chi connectivity index (χ3v) is 3.64. The van der Waals surface area contributed by atoms with Crippen molar-refractivity contribution in [2.24, 2.45) is 0 Å². The first kappa shape index (κ1) is 16.5. The van der Waals surface area contributed by atoms with E-state index in [2.05, 4.69) is 0 Å². The fourth-order valence-corrected chi connectivity index (χ4v) is 2.83. The number of hydrogen-bond acceptors (Lipinski definition) is 0. The summed E-state index contributed by atoms with van der Waals surface area (Å²) in [6.07, 6.45) is 0. The zero-order valence-corrected chi connectivity index (χ0v) is 12.5. The first-order valence-corrected chi connectivity index (χ1v) is 6.60. The standard InChI is InChI=1S/C17H14F5/c1-7-5-8(2)11(9(3)6-7)10(4)12-13(18)15(20)17(22)16(21)14(12)19/h5-6H,1-4H3. The van der Waals surface area contributed by atoms with E-state index in [1.54, 1.807) is 26.0 Å². The van der Waals surface area contributed by atoms with Gasteiger partial charge in [0.2, 0.25) is 5.82 Å². The molecule has 2 aromatic rings. The van der Waals surface area contributed by atoms with E-state index in [9.17, 15) is 22.0 Å². The van der Waals surface area contributed by atoms with Crippen molar-refractivity contribution in [2.75, 3.05) is 0 Å². The number of rotatable bonds is 2. The monoisotopic (exact) mass is 313 g/mol. The van der Waals surface area contributed by atoms with Crippen molar-refractivity contribution < 1.29 is 22.0 Å². The van der Waals surface area contributed by atoms with Crippen LogP contribution in [0.1, 0.15) is 34.7 Å². The highest BCUT2D eigenvalue weighted by molar-refractivity contribution is 5.54. The first-order valence-electron chi connectivity index (χ1n) is 6.60. The van der Waals surface area contributed by atoms with Crippen LogP contribution < -0.4 is 0 Å². The van der Waals surface area contributed by atoms with Gasteiger partial charge in [0.1, 0.15) is 0 Å². The molecule has 0 saturated carbocycles. The van der Waals surface area contributed by atoms with E-state index in [0.29, 0.717) is 16.7 Å². The van der Waals surface area contributed by atoms with Gasteiger partial charge in [-0.3, -0.25) is 0 Å². The molecule has 0 aliphatic rings. The highest BCUT2D eigenvalue weighted by Gasteiger charge is 2.30. The molecule has 2 rings (SSSR count). The molecule has 0 fully saturated rings. The minimum absolute atomic E-state index is 0.0165. The summed E-state index contributed by atoms with van der Waals surface area (Å²) in [4.78, 5) is 0. The quantitative estimate of drug-likeness (QED) is 0.401. The molecule has 1 radical (unpaired) electrons. The average Bonchev–Trinajstić information content (AvgIpc) is 2.42. The molecule has 0 spiro atoms. The van der Waals surface area contributed by atoms with Crippen LogP contribution in [-0.4, -0.2) is 0 Å². The molecule has 0 N–H and O–H groups in total. The van der Waals surface area contributed by atoms with E-state index in [-0.39, 0.29) is 5.92 Å². The van der Waals surface area contributed by atoms with Crippen LogP contribution in [0.3, 0.4) is 0 Å². The molecule has 2 aromatic carbocycles. The predicted octanol–water partition coefficient (Wildman–Crippen LogP) is 5.30. The van der Waals surface area contributed by atoms with Gasteiger partial charge in [0, 0.05) is 11.5 Å². The molecular weight excluding hydrogens is 299 g/mol. The normalized spacial score (nSPS) is 11.4. The highest BCUT2D eigenvalue weighted by atomic mass is 19.2. The Kier molecular flexibility index (Phi) is 4.27. The molecule has 0 heterocycles. The maximum absolute atomic E-state index is 13.9. The van der Waals surface area contributed by atoms with Crippen molar-refractivity contribution >= 4 is 0 Å². The molecule has 0 atom stereocenters. The molecule has 22 heavy (non-hydrogen) atoms. The van der Waals surface area contributed by atoms with E-state index >= 15 is 0 Å². The van der Waals surface area contributed by atoms with Crippen molar-refractivity contribution in [3.05, 3.63) is 75.0 Å². The van der Waals surface area contributed by atoms with Gasteiger partial charge < -0.3 is 0 Å². The van der Waals surface area contributed by atoms with Gasteiger partial charge in [-0.2, -0.15) is 0 Å². The summed E-state index contributed by atoms with van der Waals surface area (Å²) >= 11 is 0. The van der Waals surface area contributed by atoms with E-state index < -0.39 is 34.6 Å². The maximum atomic E-state index is 13.9. The number of hydrogen-bond donors (Lipinski definition) is 0. The molecular formula is C17H14F5.